The zero-order chi connectivity index (χ0) is 27.8. The predicted molar refractivity (Wildman–Crippen MR) is 135 cm³/mol. The highest BCUT2D eigenvalue weighted by Crippen LogP contribution is 2.41. The number of carbonyl (C=O) groups excluding carboxylic acids is 1. The van der Waals surface area contributed by atoms with E-state index < -0.39 is 35.0 Å². The summed E-state index contributed by atoms with van der Waals surface area (Å²) in [6.07, 6.45) is 0.187. The Morgan fingerprint density at radius 2 is 1.95 bits per heavy atom. The van der Waals surface area contributed by atoms with Crippen LogP contribution in [0.3, 0.4) is 0 Å². The molecule has 1 atom stereocenters. The Morgan fingerprint density at radius 1 is 1.32 bits per heavy atom. The van der Waals surface area contributed by atoms with Gasteiger partial charge in [0.05, 0.1) is 18.2 Å². The lowest BCUT2D eigenvalue weighted by Crippen LogP contribution is -2.43. The number of nitrogens with one attached hydrogen (secondary N) is 1. The van der Waals surface area contributed by atoms with Crippen molar-refractivity contribution in [3.05, 3.63) is 52.9 Å². The SMILES string of the molecule is C[C@H](NC(=O)c1c(N(Cc2ccc(C#N)cc2)S(=O)(=O)O)c(C2=CCC(F)(F)CC2)nn1C)C(C)(C)C. The topological polar surface area (TPSA) is 128 Å². The molecule has 12 heteroatoms. The number of alkyl halides is 2. The molecule has 0 saturated heterocycles. The molecule has 0 unspecified atom stereocenters. The van der Waals surface area contributed by atoms with Gasteiger partial charge in [0.1, 0.15) is 11.4 Å². The number of hydrogen-bond donors (Lipinski definition) is 2. The summed E-state index contributed by atoms with van der Waals surface area (Å²) in [7, 11) is -3.51. The van der Waals surface area contributed by atoms with Gasteiger partial charge in [0.15, 0.2) is 5.69 Å². The van der Waals surface area contributed by atoms with Crippen LogP contribution in [0.4, 0.5) is 14.5 Å². The van der Waals surface area contributed by atoms with Crippen LogP contribution in [0.5, 0.6) is 0 Å². The molecule has 2 N–H and O–H groups in total. The first kappa shape index (κ1) is 28.3. The van der Waals surface area contributed by atoms with Gasteiger partial charge in [0.25, 0.3) is 11.8 Å². The molecule has 9 nitrogen and oxygen atoms in total. The molecule has 0 bridgehead atoms. The average molecular weight is 536 g/mol. The lowest BCUT2D eigenvalue weighted by Gasteiger charge is -2.29. The monoisotopic (exact) mass is 535 g/mol. The number of aromatic nitrogens is 2. The Labute approximate surface area is 215 Å². The quantitative estimate of drug-likeness (QED) is 0.504. The molecule has 1 heterocycles. The molecule has 0 aliphatic heterocycles. The van der Waals surface area contributed by atoms with E-state index in [1.165, 1.54) is 42.1 Å². The number of rotatable bonds is 7. The van der Waals surface area contributed by atoms with Crippen molar-refractivity contribution in [2.45, 2.75) is 65.5 Å². The van der Waals surface area contributed by atoms with Crippen molar-refractivity contribution < 1.29 is 26.5 Å². The van der Waals surface area contributed by atoms with Crippen LogP contribution >= 0.6 is 0 Å². The van der Waals surface area contributed by atoms with E-state index in [-0.39, 0.29) is 41.5 Å². The Bertz CT molecular complexity index is 1350. The minimum Gasteiger partial charge on any atom is -0.348 e. The lowest BCUT2D eigenvalue weighted by atomic mass is 9.88. The number of benzene rings is 1. The number of nitriles is 1. The molecule has 0 fully saturated rings. The fourth-order valence-electron chi connectivity index (χ4n) is 3.84. The van der Waals surface area contributed by atoms with Crippen LogP contribution in [0.15, 0.2) is 30.3 Å². The first-order valence-corrected chi connectivity index (χ1v) is 13.1. The molecular formula is C25H31F2N5O4S. The van der Waals surface area contributed by atoms with Gasteiger partial charge in [0.2, 0.25) is 0 Å². The van der Waals surface area contributed by atoms with Gasteiger partial charge in [-0.25, -0.2) is 13.1 Å². The minimum atomic E-state index is -4.96. The Kier molecular flexibility index (Phi) is 7.81. The van der Waals surface area contributed by atoms with Crippen molar-refractivity contribution in [2.24, 2.45) is 12.5 Å². The van der Waals surface area contributed by atoms with E-state index in [2.05, 4.69) is 10.4 Å². The number of hydrogen-bond acceptors (Lipinski definition) is 5. The van der Waals surface area contributed by atoms with Crippen LogP contribution < -0.4 is 9.62 Å². The third kappa shape index (κ3) is 6.53. The van der Waals surface area contributed by atoms with E-state index in [1.54, 1.807) is 6.92 Å². The van der Waals surface area contributed by atoms with Crippen molar-refractivity contribution in [1.82, 2.24) is 15.1 Å². The number of aryl methyl sites for hydroxylation is 1. The molecule has 1 aromatic carbocycles. The second-order valence-electron chi connectivity index (χ2n) is 10.3. The zero-order valence-corrected chi connectivity index (χ0v) is 22.2. The number of halogens is 2. The lowest BCUT2D eigenvalue weighted by molar-refractivity contribution is -0.00606. The summed E-state index contributed by atoms with van der Waals surface area (Å²) in [6, 6.07) is 7.68. The van der Waals surface area contributed by atoms with Crippen molar-refractivity contribution in [3.8, 4) is 6.07 Å². The second-order valence-corrected chi connectivity index (χ2v) is 11.6. The highest BCUT2D eigenvalue weighted by Gasteiger charge is 2.37. The number of anilines is 1. The molecule has 2 aromatic rings. The zero-order valence-electron chi connectivity index (χ0n) is 21.4. The Balaban J connectivity index is 2.19. The van der Waals surface area contributed by atoms with Crippen molar-refractivity contribution in [2.75, 3.05) is 4.31 Å². The standard InChI is InChI=1S/C25H31F2N5O4S/c1-16(24(2,3)4)29-23(33)22-21(20(30-31(22)5)19-10-12-25(26,27)13-11-19)32(37(34,35)36)15-18-8-6-17(14-28)7-9-18/h6-10,16H,11-13,15H2,1-5H3,(H,29,33)(H,34,35,36)/t16-/m0/s1. The number of nitrogens with zero attached hydrogens (tertiary/aromatic N) is 4. The molecule has 1 aromatic heterocycles. The summed E-state index contributed by atoms with van der Waals surface area (Å²) in [5, 5.41) is 16.3. The molecular weight excluding hydrogens is 504 g/mol. The Morgan fingerprint density at radius 3 is 2.43 bits per heavy atom. The minimum absolute atomic E-state index is 0.0258. The largest absolute Gasteiger partial charge is 0.360 e. The van der Waals surface area contributed by atoms with E-state index in [0.29, 0.717) is 21.0 Å². The normalized spacial score (nSPS) is 16.5. The van der Waals surface area contributed by atoms with Crippen LogP contribution in [0.2, 0.25) is 0 Å². The molecule has 0 saturated carbocycles. The summed E-state index contributed by atoms with van der Waals surface area (Å²) in [6.45, 7) is 7.20. The van der Waals surface area contributed by atoms with E-state index in [9.17, 15) is 26.5 Å². The summed E-state index contributed by atoms with van der Waals surface area (Å²) < 4.78 is 65.2. The average Bonchev–Trinajstić information content (AvgIpc) is 3.12. The van der Waals surface area contributed by atoms with Gasteiger partial charge in [-0.2, -0.15) is 18.8 Å². The highest BCUT2D eigenvalue weighted by molar-refractivity contribution is 7.87. The van der Waals surface area contributed by atoms with Gasteiger partial charge in [0, 0.05) is 25.9 Å². The summed E-state index contributed by atoms with van der Waals surface area (Å²) in [5.41, 5.74) is 0.490. The van der Waals surface area contributed by atoms with Gasteiger partial charge < -0.3 is 5.32 Å². The summed E-state index contributed by atoms with van der Waals surface area (Å²) >= 11 is 0. The molecule has 200 valence electrons. The number of allylic oxidation sites excluding steroid dienone is 2. The second kappa shape index (κ2) is 10.2. The molecule has 3 rings (SSSR count). The maximum Gasteiger partial charge on any atom is 0.360 e. The highest BCUT2D eigenvalue weighted by atomic mass is 32.2. The predicted octanol–water partition coefficient (Wildman–Crippen LogP) is 4.47. The van der Waals surface area contributed by atoms with Gasteiger partial charge in [-0.15, -0.1) is 0 Å². The smallest absolute Gasteiger partial charge is 0.348 e. The third-order valence-corrected chi connectivity index (χ3v) is 7.40. The van der Waals surface area contributed by atoms with Gasteiger partial charge in [-0.05, 0) is 42.0 Å². The first-order valence-electron chi connectivity index (χ1n) is 11.7. The van der Waals surface area contributed by atoms with Crippen LogP contribution in [-0.2, 0) is 23.9 Å². The molecule has 1 amide bonds. The summed E-state index contributed by atoms with van der Waals surface area (Å²) in [5.74, 6) is -3.53. The van der Waals surface area contributed by atoms with E-state index in [1.807, 2.05) is 26.8 Å². The van der Waals surface area contributed by atoms with Gasteiger partial charge in [-0.3, -0.25) is 14.0 Å². The molecule has 0 spiro atoms. The van der Waals surface area contributed by atoms with E-state index in [0.717, 1.165) is 0 Å². The fraction of sp³-hybridized carbons (Fsp3) is 0.480. The van der Waals surface area contributed by atoms with Crippen LogP contribution in [0.1, 0.15) is 74.3 Å². The first-order chi connectivity index (χ1) is 17.0. The third-order valence-electron chi connectivity index (χ3n) is 6.53. The van der Waals surface area contributed by atoms with Crippen molar-refractivity contribution in [1.29, 1.82) is 5.26 Å². The molecule has 37 heavy (non-hydrogen) atoms. The van der Waals surface area contributed by atoms with Gasteiger partial charge in [-0.1, -0.05) is 39.0 Å². The molecule has 1 aliphatic carbocycles. The van der Waals surface area contributed by atoms with Crippen molar-refractivity contribution >= 4 is 27.5 Å². The maximum absolute atomic E-state index is 13.9. The molecule has 0 radical (unpaired) electrons. The van der Waals surface area contributed by atoms with Crippen LogP contribution in [0.25, 0.3) is 5.57 Å². The van der Waals surface area contributed by atoms with Crippen molar-refractivity contribution in [3.63, 3.8) is 0 Å². The van der Waals surface area contributed by atoms with E-state index in [4.69, 9.17) is 5.26 Å². The van der Waals surface area contributed by atoms with E-state index >= 15 is 0 Å². The fourth-order valence-corrected chi connectivity index (χ4v) is 4.55. The van der Waals surface area contributed by atoms with Crippen LogP contribution in [0, 0.1) is 16.7 Å². The molecule has 1 aliphatic rings. The van der Waals surface area contributed by atoms with Gasteiger partial charge >= 0.3 is 10.3 Å². The maximum atomic E-state index is 13.9. The summed E-state index contributed by atoms with van der Waals surface area (Å²) in [4.78, 5) is 13.5. The number of carbonyl (C=O) groups is 1. The Hall–Kier alpha value is -3.30. The number of amides is 1. The van der Waals surface area contributed by atoms with Crippen LogP contribution in [-0.4, -0.2) is 40.6 Å².